The van der Waals surface area contributed by atoms with Crippen molar-refractivity contribution in [3.05, 3.63) is 34.9 Å². The Morgan fingerprint density at radius 3 is 2.40 bits per heavy atom. The lowest BCUT2D eigenvalue weighted by molar-refractivity contribution is -0.152. The molecule has 6 rings (SSSR count). The Labute approximate surface area is 153 Å². The van der Waals surface area contributed by atoms with Crippen molar-refractivity contribution in [2.45, 2.75) is 56.2 Å². The number of carbonyl (C=O) groups is 1. The average Bonchev–Trinajstić information content (AvgIpc) is 2.82. The molecule has 25 heavy (non-hydrogen) atoms. The van der Waals surface area contributed by atoms with Gasteiger partial charge in [-0.25, -0.2) is 4.79 Å². The summed E-state index contributed by atoms with van der Waals surface area (Å²) in [5, 5.41) is 14.7. The van der Waals surface area contributed by atoms with E-state index in [1.807, 2.05) is 24.3 Å². The van der Waals surface area contributed by atoms with Gasteiger partial charge < -0.3 is 15.3 Å². The second-order valence-electron chi connectivity index (χ2n) is 9.08. The van der Waals surface area contributed by atoms with Crippen molar-refractivity contribution in [3.63, 3.8) is 0 Å². The van der Waals surface area contributed by atoms with Gasteiger partial charge in [-0.05, 0) is 74.5 Å². The number of nitrogens with one attached hydrogen (secondary N) is 1. The Hall–Kier alpha value is -1.26. The molecule has 1 aromatic carbocycles. The molecule has 1 aromatic rings. The zero-order valence-corrected chi connectivity index (χ0v) is 15.3. The fraction of sp³-hybridized carbons (Fsp3) is 0.650. The average molecular weight is 361 g/mol. The summed E-state index contributed by atoms with van der Waals surface area (Å²) in [4.78, 5) is 14.9. The molecule has 1 heterocycles. The third-order valence-electron chi connectivity index (χ3n) is 7.16. The quantitative estimate of drug-likeness (QED) is 0.847. The van der Waals surface area contributed by atoms with Crippen LogP contribution in [0.25, 0.3) is 0 Å². The molecular formula is C20H25ClN2O2. The molecule has 4 aliphatic carbocycles. The van der Waals surface area contributed by atoms with Crippen molar-refractivity contribution in [2.75, 3.05) is 6.54 Å². The van der Waals surface area contributed by atoms with Crippen molar-refractivity contribution < 1.29 is 9.90 Å². The summed E-state index contributed by atoms with van der Waals surface area (Å²) >= 11 is 6.02. The second-order valence-corrected chi connectivity index (χ2v) is 9.52. The van der Waals surface area contributed by atoms with Gasteiger partial charge in [0.1, 0.15) is 0 Å². The highest BCUT2D eigenvalue weighted by Crippen LogP contribution is 2.57. The van der Waals surface area contributed by atoms with Crippen molar-refractivity contribution in [3.8, 4) is 0 Å². The molecule has 1 saturated heterocycles. The monoisotopic (exact) mass is 360 g/mol. The maximum Gasteiger partial charge on any atom is 0.318 e. The lowest BCUT2D eigenvalue weighted by Crippen LogP contribution is -2.62. The van der Waals surface area contributed by atoms with E-state index >= 15 is 0 Å². The highest BCUT2D eigenvalue weighted by molar-refractivity contribution is 6.30. The molecule has 5 heteroatoms. The fourth-order valence-corrected chi connectivity index (χ4v) is 6.57. The molecule has 0 aromatic heterocycles. The minimum Gasteiger partial charge on any atom is -0.390 e. The first-order chi connectivity index (χ1) is 11.9. The predicted octanol–water partition coefficient (Wildman–Crippen LogP) is 3.52. The maximum atomic E-state index is 12.9. The van der Waals surface area contributed by atoms with E-state index in [1.165, 1.54) is 12.8 Å². The van der Waals surface area contributed by atoms with Crippen LogP contribution in [0.1, 0.15) is 44.6 Å². The Bertz CT molecular complexity index is 705. The minimum absolute atomic E-state index is 0.0434. The fourth-order valence-electron chi connectivity index (χ4n) is 6.45. The van der Waals surface area contributed by atoms with Crippen molar-refractivity contribution in [2.24, 2.45) is 17.8 Å². The number of rotatable bonds is 2. The predicted molar refractivity (Wildman–Crippen MR) is 96.3 cm³/mol. The van der Waals surface area contributed by atoms with E-state index in [-0.39, 0.29) is 17.6 Å². The van der Waals surface area contributed by atoms with Gasteiger partial charge in [-0.1, -0.05) is 23.7 Å². The Morgan fingerprint density at radius 2 is 1.80 bits per heavy atom. The number of hydrogen-bond acceptors (Lipinski definition) is 2. The first kappa shape index (κ1) is 16.0. The molecule has 5 aliphatic rings. The lowest BCUT2D eigenvalue weighted by Gasteiger charge is -2.59. The van der Waals surface area contributed by atoms with Crippen LogP contribution >= 0.6 is 11.6 Å². The van der Waals surface area contributed by atoms with Gasteiger partial charge in [0, 0.05) is 17.6 Å². The zero-order chi connectivity index (χ0) is 17.4. The van der Waals surface area contributed by atoms with Crippen molar-refractivity contribution >= 4 is 17.6 Å². The van der Waals surface area contributed by atoms with Crippen LogP contribution in [-0.2, 0) is 5.54 Å². The van der Waals surface area contributed by atoms with E-state index in [1.54, 1.807) is 0 Å². The third-order valence-corrected chi connectivity index (χ3v) is 7.41. The van der Waals surface area contributed by atoms with Gasteiger partial charge in [0.15, 0.2) is 0 Å². The van der Waals surface area contributed by atoms with Crippen LogP contribution in [0.4, 0.5) is 4.79 Å². The molecule has 0 unspecified atom stereocenters. The van der Waals surface area contributed by atoms with Gasteiger partial charge in [-0.15, -0.1) is 0 Å². The van der Waals surface area contributed by atoms with Crippen LogP contribution in [0.15, 0.2) is 24.3 Å². The summed E-state index contributed by atoms with van der Waals surface area (Å²) in [7, 11) is 0. The highest BCUT2D eigenvalue weighted by atomic mass is 35.5. The van der Waals surface area contributed by atoms with E-state index in [4.69, 9.17) is 11.6 Å². The van der Waals surface area contributed by atoms with Crippen LogP contribution in [0.2, 0.25) is 5.02 Å². The van der Waals surface area contributed by atoms with Crippen LogP contribution in [0.3, 0.4) is 0 Å². The highest BCUT2D eigenvalue weighted by Gasteiger charge is 2.58. The summed E-state index contributed by atoms with van der Waals surface area (Å²) < 4.78 is 0. The molecule has 5 fully saturated rings. The number of benzene rings is 1. The van der Waals surface area contributed by atoms with E-state index in [2.05, 4.69) is 17.1 Å². The number of amides is 2. The van der Waals surface area contributed by atoms with Gasteiger partial charge in [0.05, 0.1) is 11.1 Å². The molecule has 4 nitrogen and oxygen atoms in total. The van der Waals surface area contributed by atoms with Crippen LogP contribution in [-0.4, -0.2) is 34.2 Å². The lowest BCUT2D eigenvalue weighted by atomic mass is 9.52. The summed E-state index contributed by atoms with van der Waals surface area (Å²) in [5.74, 6) is 1.57. The van der Waals surface area contributed by atoms with Gasteiger partial charge >= 0.3 is 6.03 Å². The SMILES string of the molecule is C[C@@]1(c2ccc(Cl)cc2)CN(C2[C@@H]3CC4C[C@@H]2CC(O)(C4)C3)C(=O)N1. The van der Waals surface area contributed by atoms with Gasteiger partial charge in [0.25, 0.3) is 0 Å². The molecule has 4 saturated carbocycles. The molecule has 4 bridgehead atoms. The topological polar surface area (TPSA) is 52.6 Å². The molecule has 0 spiro atoms. The van der Waals surface area contributed by atoms with Gasteiger partial charge in [0.2, 0.25) is 0 Å². The van der Waals surface area contributed by atoms with Crippen LogP contribution in [0, 0.1) is 17.8 Å². The zero-order valence-electron chi connectivity index (χ0n) is 14.5. The second kappa shape index (κ2) is 5.14. The number of aliphatic hydroxyl groups is 1. The molecule has 3 atom stereocenters. The smallest absolute Gasteiger partial charge is 0.318 e. The molecular weight excluding hydrogens is 336 g/mol. The van der Waals surface area contributed by atoms with Crippen LogP contribution in [0.5, 0.6) is 0 Å². The largest absolute Gasteiger partial charge is 0.390 e. The summed E-state index contributed by atoms with van der Waals surface area (Å²) in [5.41, 5.74) is 0.255. The van der Waals surface area contributed by atoms with Gasteiger partial charge in [-0.3, -0.25) is 0 Å². The van der Waals surface area contributed by atoms with E-state index in [9.17, 15) is 9.90 Å². The number of urea groups is 1. The molecule has 2 N–H and O–H groups in total. The number of hydrogen-bond donors (Lipinski definition) is 2. The van der Waals surface area contributed by atoms with Crippen molar-refractivity contribution in [1.82, 2.24) is 10.2 Å². The summed E-state index contributed by atoms with van der Waals surface area (Å²) in [6, 6.07) is 8.11. The van der Waals surface area contributed by atoms with Crippen LogP contribution < -0.4 is 5.32 Å². The first-order valence-electron chi connectivity index (χ1n) is 9.42. The standard InChI is InChI=1S/C20H25ClN2O2/c1-19(15-2-4-16(21)5-3-15)11-23(18(24)22-19)17-13-6-12-7-14(17)10-20(25,8-12)9-13/h2-5,12-14,17,25H,6-11H2,1H3,(H,22,24)/t12?,13-,14-,17?,19+,20?/m1/s1. The van der Waals surface area contributed by atoms with Gasteiger partial charge in [-0.2, -0.15) is 0 Å². The Morgan fingerprint density at radius 1 is 1.16 bits per heavy atom. The first-order valence-corrected chi connectivity index (χ1v) is 9.80. The van der Waals surface area contributed by atoms with E-state index < -0.39 is 5.60 Å². The molecule has 134 valence electrons. The molecule has 0 radical (unpaired) electrons. The van der Waals surface area contributed by atoms with E-state index in [0.717, 1.165) is 24.8 Å². The maximum absolute atomic E-state index is 12.9. The molecule has 1 aliphatic heterocycles. The minimum atomic E-state index is -0.456. The summed E-state index contributed by atoms with van der Waals surface area (Å²) in [6.07, 6.45) is 5.05. The third kappa shape index (κ3) is 2.41. The Balaban J connectivity index is 1.42. The summed E-state index contributed by atoms with van der Waals surface area (Å²) in [6.45, 7) is 2.78. The molecule has 2 amide bonds. The number of halogens is 1. The van der Waals surface area contributed by atoms with Crippen molar-refractivity contribution in [1.29, 1.82) is 0 Å². The van der Waals surface area contributed by atoms with E-state index in [0.29, 0.717) is 29.3 Å². The number of carbonyl (C=O) groups excluding carboxylic acids is 1. The number of nitrogens with zero attached hydrogens (tertiary/aromatic N) is 1. The Kier molecular flexibility index (Phi) is 3.28. The normalized spacial score (nSPS) is 45.1.